The topological polar surface area (TPSA) is 96.2 Å². The molecule has 2 heterocycles. The Bertz CT molecular complexity index is 781. The molecule has 0 atom stereocenters. The molecule has 0 saturated carbocycles. The molecular weight excluding hydrogens is 386 g/mol. The largest absolute Gasteiger partial charge is 0.493 e. The van der Waals surface area contributed by atoms with E-state index in [9.17, 15) is 4.79 Å². The first-order valence-corrected chi connectivity index (χ1v) is 9.77. The minimum Gasteiger partial charge on any atom is -0.493 e. The first-order valence-electron chi connectivity index (χ1n) is 8.78. The molecule has 2 aromatic rings. The standard InChI is InChI=1S/C18H23N3O6S/c1-23-13-10-12(11-14(24-2)16(13)25-3)17-19-20-18(27-17)28-9-4-15(22)21-5-7-26-8-6-21/h10-11H,4-9H2,1-3H3. The van der Waals surface area contributed by atoms with Crippen LogP contribution in [0.5, 0.6) is 17.2 Å². The molecule has 1 amide bonds. The lowest BCUT2D eigenvalue weighted by atomic mass is 10.2. The average Bonchev–Trinajstić information content (AvgIpc) is 3.22. The summed E-state index contributed by atoms with van der Waals surface area (Å²) in [6, 6.07) is 3.48. The maximum Gasteiger partial charge on any atom is 0.276 e. The smallest absolute Gasteiger partial charge is 0.276 e. The van der Waals surface area contributed by atoms with Crippen molar-refractivity contribution in [2.45, 2.75) is 11.6 Å². The predicted molar refractivity (Wildman–Crippen MR) is 102 cm³/mol. The van der Waals surface area contributed by atoms with Gasteiger partial charge in [0.2, 0.25) is 17.5 Å². The van der Waals surface area contributed by atoms with Crippen LogP contribution in [0.4, 0.5) is 0 Å². The molecule has 1 aliphatic heterocycles. The number of methoxy groups -OCH3 is 3. The summed E-state index contributed by atoms with van der Waals surface area (Å²) < 4.78 is 27.0. The predicted octanol–water partition coefficient (Wildman–Crippen LogP) is 2.10. The van der Waals surface area contributed by atoms with Gasteiger partial charge in [-0.05, 0) is 12.1 Å². The van der Waals surface area contributed by atoms with Crippen LogP contribution < -0.4 is 14.2 Å². The highest BCUT2D eigenvalue weighted by molar-refractivity contribution is 7.99. The molecule has 9 nitrogen and oxygen atoms in total. The van der Waals surface area contributed by atoms with Crippen LogP contribution in [0.15, 0.2) is 21.8 Å². The second-order valence-electron chi connectivity index (χ2n) is 5.88. The van der Waals surface area contributed by atoms with Crippen molar-refractivity contribution in [3.8, 4) is 28.7 Å². The second kappa shape index (κ2) is 9.65. The number of benzene rings is 1. The van der Waals surface area contributed by atoms with E-state index in [0.29, 0.717) is 72.4 Å². The summed E-state index contributed by atoms with van der Waals surface area (Å²) >= 11 is 1.35. The number of hydrogen-bond acceptors (Lipinski definition) is 9. The molecular formula is C18H23N3O6S. The van der Waals surface area contributed by atoms with Crippen molar-refractivity contribution in [1.29, 1.82) is 0 Å². The fourth-order valence-corrected chi connectivity index (χ4v) is 3.47. The van der Waals surface area contributed by atoms with Gasteiger partial charge < -0.3 is 28.3 Å². The van der Waals surface area contributed by atoms with Crippen molar-refractivity contribution in [2.75, 3.05) is 53.4 Å². The van der Waals surface area contributed by atoms with Crippen LogP contribution in [-0.2, 0) is 9.53 Å². The minimum atomic E-state index is 0.111. The van der Waals surface area contributed by atoms with Crippen LogP contribution in [0.25, 0.3) is 11.5 Å². The Morgan fingerprint density at radius 3 is 2.39 bits per heavy atom. The monoisotopic (exact) mass is 409 g/mol. The third-order valence-electron chi connectivity index (χ3n) is 4.22. The van der Waals surface area contributed by atoms with Gasteiger partial charge in [-0.3, -0.25) is 4.79 Å². The number of amides is 1. The number of rotatable bonds is 8. The summed E-state index contributed by atoms with van der Waals surface area (Å²) in [5.41, 5.74) is 0.651. The van der Waals surface area contributed by atoms with E-state index in [4.69, 9.17) is 23.4 Å². The molecule has 3 rings (SSSR count). The Hall–Kier alpha value is -2.46. The first kappa shape index (κ1) is 20.3. The summed E-state index contributed by atoms with van der Waals surface area (Å²) in [6.45, 7) is 2.49. The van der Waals surface area contributed by atoms with E-state index < -0.39 is 0 Å². The number of hydrogen-bond donors (Lipinski definition) is 0. The van der Waals surface area contributed by atoms with E-state index in [2.05, 4.69) is 10.2 Å². The van der Waals surface area contributed by atoms with Gasteiger partial charge >= 0.3 is 0 Å². The average molecular weight is 409 g/mol. The maximum atomic E-state index is 12.2. The summed E-state index contributed by atoms with van der Waals surface area (Å²) in [4.78, 5) is 14.0. The number of nitrogens with zero attached hydrogens (tertiary/aromatic N) is 3. The quantitative estimate of drug-likeness (QED) is 0.607. The van der Waals surface area contributed by atoms with E-state index in [1.165, 1.54) is 11.8 Å². The Balaban J connectivity index is 1.63. The molecule has 28 heavy (non-hydrogen) atoms. The van der Waals surface area contributed by atoms with Crippen molar-refractivity contribution >= 4 is 17.7 Å². The van der Waals surface area contributed by atoms with Crippen LogP contribution >= 0.6 is 11.8 Å². The Morgan fingerprint density at radius 2 is 1.79 bits per heavy atom. The molecule has 10 heteroatoms. The zero-order chi connectivity index (χ0) is 19.9. The highest BCUT2D eigenvalue weighted by atomic mass is 32.2. The number of ether oxygens (including phenoxy) is 4. The normalized spacial score (nSPS) is 14.0. The lowest BCUT2D eigenvalue weighted by molar-refractivity contribution is -0.134. The van der Waals surface area contributed by atoms with E-state index in [0.717, 1.165) is 0 Å². The third kappa shape index (κ3) is 4.68. The minimum absolute atomic E-state index is 0.111. The molecule has 0 aliphatic carbocycles. The molecule has 0 unspecified atom stereocenters. The summed E-state index contributed by atoms with van der Waals surface area (Å²) in [6.07, 6.45) is 0.409. The molecule has 0 spiro atoms. The molecule has 1 aliphatic rings. The van der Waals surface area contributed by atoms with Crippen molar-refractivity contribution in [2.24, 2.45) is 0 Å². The fourth-order valence-electron chi connectivity index (χ4n) is 2.79. The molecule has 0 radical (unpaired) electrons. The molecule has 1 aromatic heterocycles. The number of thioether (sulfide) groups is 1. The zero-order valence-corrected chi connectivity index (χ0v) is 16.9. The van der Waals surface area contributed by atoms with Gasteiger partial charge in [-0.25, -0.2) is 0 Å². The fraction of sp³-hybridized carbons (Fsp3) is 0.500. The van der Waals surface area contributed by atoms with Crippen LogP contribution in [0.2, 0.25) is 0 Å². The highest BCUT2D eigenvalue weighted by Crippen LogP contribution is 2.41. The van der Waals surface area contributed by atoms with Gasteiger partial charge in [0, 0.05) is 30.8 Å². The lowest BCUT2D eigenvalue weighted by Gasteiger charge is -2.26. The van der Waals surface area contributed by atoms with Gasteiger partial charge in [0.25, 0.3) is 5.22 Å². The van der Waals surface area contributed by atoms with E-state index in [1.807, 2.05) is 4.90 Å². The number of carbonyl (C=O) groups is 1. The van der Waals surface area contributed by atoms with Crippen molar-refractivity contribution in [1.82, 2.24) is 15.1 Å². The number of morpholine rings is 1. The first-order chi connectivity index (χ1) is 13.7. The van der Waals surface area contributed by atoms with Gasteiger partial charge in [-0.15, -0.1) is 10.2 Å². The Kier molecular flexibility index (Phi) is 6.99. The Labute approximate surface area is 167 Å². The third-order valence-corrected chi connectivity index (χ3v) is 5.04. The van der Waals surface area contributed by atoms with Gasteiger partial charge in [0.15, 0.2) is 11.5 Å². The molecule has 1 aromatic carbocycles. The summed E-state index contributed by atoms with van der Waals surface area (Å²) in [5.74, 6) is 2.50. The number of aromatic nitrogens is 2. The van der Waals surface area contributed by atoms with Crippen molar-refractivity contribution in [3.05, 3.63) is 12.1 Å². The molecule has 152 valence electrons. The van der Waals surface area contributed by atoms with Crippen molar-refractivity contribution in [3.63, 3.8) is 0 Å². The van der Waals surface area contributed by atoms with Gasteiger partial charge in [0.1, 0.15) is 0 Å². The van der Waals surface area contributed by atoms with Crippen LogP contribution in [0.3, 0.4) is 0 Å². The van der Waals surface area contributed by atoms with Crippen LogP contribution in [0, 0.1) is 0 Å². The maximum absolute atomic E-state index is 12.2. The second-order valence-corrected chi connectivity index (χ2v) is 6.92. The van der Waals surface area contributed by atoms with E-state index in [1.54, 1.807) is 33.5 Å². The van der Waals surface area contributed by atoms with Crippen LogP contribution in [-0.4, -0.2) is 74.4 Å². The zero-order valence-electron chi connectivity index (χ0n) is 16.1. The molecule has 0 N–H and O–H groups in total. The van der Waals surface area contributed by atoms with Gasteiger partial charge in [0.05, 0.1) is 34.5 Å². The lowest BCUT2D eigenvalue weighted by Crippen LogP contribution is -2.40. The molecule has 1 saturated heterocycles. The van der Waals surface area contributed by atoms with E-state index in [-0.39, 0.29) is 5.91 Å². The summed E-state index contributed by atoms with van der Waals surface area (Å²) in [7, 11) is 4.63. The summed E-state index contributed by atoms with van der Waals surface area (Å²) in [5, 5.41) is 8.52. The van der Waals surface area contributed by atoms with Gasteiger partial charge in [-0.2, -0.15) is 0 Å². The molecule has 1 fully saturated rings. The number of carbonyl (C=O) groups excluding carboxylic acids is 1. The van der Waals surface area contributed by atoms with Gasteiger partial charge in [-0.1, -0.05) is 11.8 Å². The Morgan fingerprint density at radius 1 is 1.11 bits per heavy atom. The highest BCUT2D eigenvalue weighted by Gasteiger charge is 2.19. The SMILES string of the molecule is COc1cc(-c2nnc(SCCC(=O)N3CCOCC3)o2)cc(OC)c1OC. The van der Waals surface area contributed by atoms with E-state index >= 15 is 0 Å². The van der Waals surface area contributed by atoms with Crippen LogP contribution in [0.1, 0.15) is 6.42 Å². The van der Waals surface area contributed by atoms with Crippen molar-refractivity contribution < 1.29 is 28.2 Å². The molecule has 0 bridgehead atoms.